The number of hydrogen-bond acceptors (Lipinski definition) is 3. The van der Waals surface area contributed by atoms with Gasteiger partial charge in [-0.1, -0.05) is 29.3 Å². The standard InChI is InChI=1S/C19H22ClFN2O2/c1-13-4-7-18(25-3)14(10-13)12-23(2)9-8-19(24)22-17-6-5-15(20)11-16(17)21/h4-7,10-11H,8-9,12H2,1-3H3,(H,22,24). The highest BCUT2D eigenvalue weighted by atomic mass is 35.5. The summed E-state index contributed by atoms with van der Waals surface area (Å²) in [4.78, 5) is 14.0. The molecule has 6 heteroatoms. The van der Waals surface area contributed by atoms with Crippen LogP contribution in [0.5, 0.6) is 5.75 Å². The van der Waals surface area contributed by atoms with E-state index in [1.165, 1.54) is 18.2 Å². The molecule has 0 aliphatic rings. The van der Waals surface area contributed by atoms with Crippen molar-refractivity contribution >= 4 is 23.2 Å². The molecule has 1 N–H and O–H groups in total. The van der Waals surface area contributed by atoms with Crippen LogP contribution in [-0.2, 0) is 11.3 Å². The van der Waals surface area contributed by atoms with E-state index < -0.39 is 5.82 Å². The lowest BCUT2D eigenvalue weighted by Gasteiger charge is -2.18. The summed E-state index contributed by atoms with van der Waals surface area (Å²) >= 11 is 5.70. The van der Waals surface area contributed by atoms with Crippen molar-refractivity contribution in [2.75, 3.05) is 26.0 Å². The van der Waals surface area contributed by atoms with Crippen LogP contribution >= 0.6 is 11.6 Å². The highest BCUT2D eigenvalue weighted by Crippen LogP contribution is 2.21. The molecule has 25 heavy (non-hydrogen) atoms. The summed E-state index contributed by atoms with van der Waals surface area (Å²) in [5.74, 6) is 0.0353. The summed E-state index contributed by atoms with van der Waals surface area (Å²) in [5.41, 5.74) is 2.35. The number of ether oxygens (including phenoxy) is 1. The molecule has 0 unspecified atom stereocenters. The summed E-state index contributed by atoms with van der Waals surface area (Å²) in [6, 6.07) is 10.2. The fourth-order valence-electron chi connectivity index (χ4n) is 2.50. The number of aryl methyl sites for hydroxylation is 1. The van der Waals surface area contributed by atoms with Gasteiger partial charge in [-0.3, -0.25) is 4.79 Å². The fourth-order valence-corrected chi connectivity index (χ4v) is 2.66. The number of nitrogens with one attached hydrogen (secondary N) is 1. The first-order valence-electron chi connectivity index (χ1n) is 7.96. The summed E-state index contributed by atoms with van der Waals surface area (Å²) in [5, 5.41) is 2.86. The molecule has 1 amide bonds. The van der Waals surface area contributed by atoms with E-state index in [9.17, 15) is 9.18 Å². The maximum Gasteiger partial charge on any atom is 0.225 e. The molecule has 0 bridgehead atoms. The van der Waals surface area contributed by atoms with Crippen molar-refractivity contribution < 1.29 is 13.9 Å². The normalized spacial score (nSPS) is 10.8. The number of hydrogen-bond donors (Lipinski definition) is 1. The van der Waals surface area contributed by atoms with Crippen LogP contribution in [0.2, 0.25) is 5.02 Å². The van der Waals surface area contributed by atoms with Crippen LogP contribution in [0.25, 0.3) is 0 Å². The van der Waals surface area contributed by atoms with Crippen molar-refractivity contribution in [1.29, 1.82) is 0 Å². The van der Waals surface area contributed by atoms with Gasteiger partial charge in [-0.2, -0.15) is 0 Å². The van der Waals surface area contributed by atoms with Crippen molar-refractivity contribution in [1.82, 2.24) is 4.90 Å². The number of halogens is 2. The van der Waals surface area contributed by atoms with Crippen LogP contribution in [-0.4, -0.2) is 31.5 Å². The third-order valence-corrected chi connectivity index (χ3v) is 4.04. The van der Waals surface area contributed by atoms with Gasteiger partial charge < -0.3 is 15.0 Å². The molecule has 2 rings (SSSR count). The molecule has 0 saturated heterocycles. The average Bonchev–Trinajstić information content (AvgIpc) is 2.56. The quantitative estimate of drug-likeness (QED) is 0.798. The van der Waals surface area contributed by atoms with Crippen LogP contribution in [0.4, 0.5) is 10.1 Å². The molecule has 0 heterocycles. The van der Waals surface area contributed by atoms with E-state index in [1.54, 1.807) is 7.11 Å². The van der Waals surface area contributed by atoms with Gasteiger partial charge in [-0.25, -0.2) is 4.39 Å². The van der Waals surface area contributed by atoms with Gasteiger partial charge in [0, 0.05) is 30.1 Å². The molecule has 2 aromatic rings. The molecule has 0 fully saturated rings. The fraction of sp³-hybridized carbons (Fsp3) is 0.316. The van der Waals surface area contributed by atoms with Crippen LogP contribution in [0.3, 0.4) is 0 Å². The lowest BCUT2D eigenvalue weighted by molar-refractivity contribution is -0.116. The Bertz CT molecular complexity index is 752. The Labute approximate surface area is 152 Å². The van der Waals surface area contributed by atoms with Crippen molar-refractivity contribution in [3.05, 3.63) is 58.4 Å². The summed E-state index contributed by atoms with van der Waals surface area (Å²) in [6.45, 7) is 3.22. The minimum absolute atomic E-state index is 0.136. The number of amides is 1. The van der Waals surface area contributed by atoms with Crippen LogP contribution in [0, 0.1) is 12.7 Å². The molecule has 0 aliphatic carbocycles. The second kappa shape index (κ2) is 8.83. The lowest BCUT2D eigenvalue weighted by Crippen LogP contribution is -2.24. The SMILES string of the molecule is COc1ccc(C)cc1CN(C)CCC(=O)Nc1ccc(Cl)cc1F. The van der Waals surface area contributed by atoms with Gasteiger partial charge in [0.2, 0.25) is 5.91 Å². The van der Waals surface area contributed by atoms with Crippen LogP contribution in [0.1, 0.15) is 17.5 Å². The predicted octanol–water partition coefficient (Wildman–Crippen LogP) is 4.26. The zero-order chi connectivity index (χ0) is 18.4. The van der Waals surface area contributed by atoms with Gasteiger partial charge >= 0.3 is 0 Å². The molecule has 0 spiro atoms. The molecule has 0 aliphatic heterocycles. The predicted molar refractivity (Wildman–Crippen MR) is 98.7 cm³/mol. The van der Waals surface area contributed by atoms with E-state index in [4.69, 9.17) is 16.3 Å². The van der Waals surface area contributed by atoms with E-state index in [0.29, 0.717) is 18.1 Å². The number of carbonyl (C=O) groups excluding carboxylic acids is 1. The Balaban J connectivity index is 1.88. The number of rotatable bonds is 7. The van der Waals surface area contributed by atoms with Gasteiger partial charge in [0.25, 0.3) is 0 Å². The van der Waals surface area contributed by atoms with Crippen molar-refractivity contribution in [2.45, 2.75) is 19.9 Å². The Morgan fingerprint density at radius 3 is 2.72 bits per heavy atom. The van der Waals surface area contributed by atoms with E-state index in [2.05, 4.69) is 11.4 Å². The lowest BCUT2D eigenvalue weighted by atomic mass is 10.1. The van der Waals surface area contributed by atoms with Crippen molar-refractivity contribution in [3.8, 4) is 5.75 Å². The highest BCUT2D eigenvalue weighted by molar-refractivity contribution is 6.30. The van der Waals surface area contributed by atoms with Crippen LogP contribution < -0.4 is 10.1 Å². The number of methoxy groups -OCH3 is 1. The van der Waals surface area contributed by atoms with E-state index >= 15 is 0 Å². The summed E-state index contributed by atoms with van der Waals surface area (Å²) < 4.78 is 19.1. The maximum absolute atomic E-state index is 13.7. The topological polar surface area (TPSA) is 41.6 Å². The highest BCUT2D eigenvalue weighted by Gasteiger charge is 2.11. The van der Waals surface area contributed by atoms with E-state index in [1.807, 2.05) is 31.0 Å². The molecule has 0 radical (unpaired) electrons. The first kappa shape index (κ1) is 19.2. The van der Waals surface area contributed by atoms with Gasteiger partial charge in [-0.15, -0.1) is 0 Å². The third-order valence-electron chi connectivity index (χ3n) is 3.80. The molecule has 4 nitrogen and oxygen atoms in total. The first-order chi connectivity index (χ1) is 11.9. The number of carbonyl (C=O) groups is 1. The van der Waals surface area contributed by atoms with Crippen LogP contribution in [0.15, 0.2) is 36.4 Å². The molecule has 0 aromatic heterocycles. The Morgan fingerprint density at radius 1 is 1.28 bits per heavy atom. The molecular formula is C19H22ClFN2O2. The van der Waals surface area contributed by atoms with Crippen molar-refractivity contribution in [3.63, 3.8) is 0 Å². The maximum atomic E-state index is 13.7. The Kier molecular flexibility index (Phi) is 6.79. The second-order valence-corrected chi connectivity index (χ2v) is 6.41. The number of benzene rings is 2. The van der Waals surface area contributed by atoms with Gasteiger partial charge in [-0.05, 0) is 38.2 Å². The minimum atomic E-state index is -0.543. The minimum Gasteiger partial charge on any atom is -0.496 e. The van der Waals surface area contributed by atoms with Crippen molar-refractivity contribution in [2.24, 2.45) is 0 Å². The second-order valence-electron chi connectivity index (χ2n) is 5.98. The zero-order valence-corrected chi connectivity index (χ0v) is 15.4. The largest absolute Gasteiger partial charge is 0.496 e. The summed E-state index contributed by atoms with van der Waals surface area (Å²) in [7, 11) is 3.57. The molecule has 2 aromatic carbocycles. The van der Waals surface area contributed by atoms with Gasteiger partial charge in [0.05, 0.1) is 12.8 Å². The smallest absolute Gasteiger partial charge is 0.225 e. The number of anilines is 1. The van der Waals surface area contributed by atoms with Gasteiger partial charge in [0.15, 0.2) is 0 Å². The number of nitrogens with zero attached hydrogens (tertiary/aromatic N) is 1. The Morgan fingerprint density at radius 2 is 2.04 bits per heavy atom. The van der Waals surface area contributed by atoms with E-state index in [-0.39, 0.29) is 18.0 Å². The third kappa shape index (κ3) is 5.73. The zero-order valence-electron chi connectivity index (χ0n) is 14.6. The molecule has 134 valence electrons. The average molecular weight is 365 g/mol. The van der Waals surface area contributed by atoms with E-state index in [0.717, 1.165) is 16.9 Å². The molecule has 0 saturated carbocycles. The Hall–Kier alpha value is -2.11. The first-order valence-corrected chi connectivity index (χ1v) is 8.34. The monoisotopic (exact) mass is 364 g/mol. The molecular weight excluding hydrogens is 343 g/mol. The molecule has 0 atom stereocenters. The van der Waals surface area contributed by atoms with Gasteiger partial charge in [0.1, 0.15) is 11.6 Å². The summed E-state index contributed by atoms with van der Waals surface area (Å²) in [6.07, 6.45) is 0.257.